The van der Waals surface area contributed by atoms with Crippen LogP contribution < -0.4 is 10.5 Å². The Morgan fingerprint density at radius 3 is 1.68 bits per heavy atom. The fraction of sp³-hybridized carbons (Fsp3) is 0.741. The molecule has 178 valence electrons. The molecule has 1 rings (SSSR count). The Morgan fingerprint density at radius 1 is 0.742 bits per heavy atom. The maximum atomic E-state index is 11.7. The Kier molecular flexibility index (Phi) is 16.8. The second-order valence-electron chi connectivity index (χ2n) is 8.62. The number of ether oxygens (including phenoxy) is 2. The number of carbonyl (C=O) groups is 1. The third kappa shape index (κ3) is 14.1. The maximum Gasteiger partial charge on any atom is 0.338 e. The van der Waals surface area contributed by atoms with Gasteiger partial charge in [-0.25, -0.2) is 4.79 Å². The highest BCUT2D eigenvalue weighted by Crippen LogP contribution is 2.23. The van der Waals surface area contributed by atoms with E-state index in [0.29, 0.717) is 30.2 Å². The molecule has 0 aliphatic heterocycles. The lowest BCUT2D eigenvalue weighted by Crippen LogP contribution is -2.06. The molecule has 1 aromatic carbocycles. The van der Waals surface area contributed by atoms with Gasteiger partial charge in [-0.15, -0.1) is 0 Å². The van der Waals surface area contributed by atoms with Crippen LogP contribution >= 0.6 is 0 Å². The summed E-state index contributed by atoms with van der Waals surface area (Å²) in [4.78, 5) is 11.7. The summed E-state index contributed by atoms with van der Waals surface area (Å²) in [6.45, 7) is 5.09. The van der Waals surface area contributed by atoms with E-state index in [1.807, 2.05) is 0 Å². The van der Waals surface area contributed by atoms with Crippen LogP contribution in [0.4, 0.5) is 5.69 Å². The van der Waals surface area contributed by atoms with Crippen molar-refractivity contribution in [2.24, 2.45) is 0 Å². The zero-order valence-electron chi connectivity index (χ0n) is 20.3. The minimum absolute atomic E-state index is 0.349. The topological polar surface area (TPSA) is 61.5 Å². The minimum atomic E-state index is -0.349. The van der Waals surface area contributed by atoms with Crippen LogP contribution in [0.25, 0.3) is 0 Å². The van der Waals surface area contributed by atoms with Crippen LogP contribution in [0.15, 0.2) is 18.2 Å². The van der Waals surface area contributed by atoms with E-state index in [-0.39, 0.29) is 5.97 Å². The number of benzene rings is 1. The Morgan fingerprint density at radius 2 is 1.23 bits per heavy atom. The predicted molar refractivity (Wildman–Crippen MR) is 132 cm³/mol. The van der Waals surface area contributed by atoms with Gasteiger partial charge >= 0.3 is 5.97 Å². The molecule has 0 radical (unpaired) electrons. The van der Waals surface area contributed by atoms with E-state index in [1.165, 1.54) is 96.3 Å². The van der Waals surface area contributed by atoms with Gasteiger partial charge in [0.25, 0.3) is 0 Å². The lowest BCUT2D eigenvalue weighted by molar-refractivity contribution is 0.0526. The summed E-state index contributed by atoms with van der Waals surface area (Å²) < 4.78 is 10.8. The molecule has 2 N–H and O–H groups in total. The van der Waals surface area contributed by atoms with Gasteiger partial charge in [-0.3, -0.25) is 0 Å². The van der Waals surface area contributed by atoms with Gasteiger partial charge in [0.05, 0.1) is 24.5 Å². The van der Waals surface area contributed by atoms with E-state index < -0.39 is 0 Å². The Labute approximate surface area is 191 Å². The van der Waals surface area contributed by atoms with E-state index in [0.717, 1.165) is 6.42 Å². The number of hydrogen-bond donors (Lipinski definition) is 1. The van der Waals surface area contributed by atoms with Crippen LogP contribution in [0.1, 0.15) is 127 Å². The number of anilines is 1. The summed E-state index contributed by atoms with van der Waals surface area (Å²) in [5, 5.41) is 0. The van der Waals surface area contributed by atoms with Gasteiger partial charge in [-0.2, -0.15) is 0 Å². The summed E-state index contributed by atoms with van der Waals surface area (Å²) >= 11 is 0. The molecule has 0 amide bonds. The number of esters is 1. The molecule has 0 aliphatic rings. The number of hydrogen-bond acceptors (Lipinski definition) is 4. The summed E-state index contributed by atoms with van der Waals surface area (Å²) in [6.07, 6.45) is 21.8. The van der Waals surface area contributed by atoms with Crippen molar-refractivity contribution in [1.82, 2.24) is 0 Å². The van der Waals surface area contributed by atoms with Crippen molar-refractivity contribution in [1.29, 1.82) is 0 Å². The van der Waals surface area contributed by atoms with Crippen LogP contribution in [0.3, 0.4) is 0 Å². The monoisotopic (exact) mass is 433 g/mol. The Hall–Kier alpha value is -1.71. The van der Waals surface area contributed by atoms with Crippen molar-refractivity contribution in [3.63, 3.8) is 0 Å². The molecule has 0 aliphatic carbocycles. The number of unbranched alkanes of at least 4 members (excludes halogenated alkanes) is 15. The molecule has 0 unspecified atom stereocenters. The molecule has 31 heavy (non-hydrogen) atoms. The summed E-state index contributed by atoms with van der Waals surface area (Å²) in [5.41, 5.74) is 6.95. The quantitative estimate of drug-likeness (QED) is 0.128. The molecule has 0 bridgehead atoms. The van der Waals surface area contributed by atoms with Crippen molar-refractivity contribution in [2.45, 2.75) is 117 Å². The largest absolute Gasteiger partial charge is 0.491 e. The van der Waals surface area contributed by atoms with Gasteiger partial charge in [-0.05, 0) is 31.5 Å². The summed E-state index contributed by atoms with van der Waals surface area (Å²) in [6, 6.07) is 5.09. The standard InChI is InChI=1S/C27H47NO3/c1-3-5-6-7-8-9-10-11-12-13-14-15-16-17-18-19-22-31-26-21-20-24(23-25(26)28)27(29)30-4-2/h20-21,23H,3-19,22,28H2,1-2H3. The van der Waals surface area contributed by atoms with Crippen molar-refractivity contribution in [3.8, 4) is 5.75 Å². The Balaban J connectivity index is 1.91. The van der Waals surface area contributed by atoms with Crippen LogP contribution in [-0.4, -0.2) is 19.2 Å². The minimum Gasteiger partial charge on any atom is -0.491 e. The number of nitrogen functional groups attached to an aromatic ring is 1. The first-order valence-corrected chi connectivity index (χ1v) is 12.9. The first-order valence-electron chi connectivity index (χ1n) is 12.9. The van der Waals surface area contributed by atoms with Crippen LogP contribution in [0.2, 0.25) is 0 Å². The molecule has 0 aromatic heterocycles. The maximum absolute atomic E-state index is 11.7. The Bertz CT molecular complexity index is 574. The van der Waals surface area contributed by atoms with Crippen LogP contribution in [-0.2, 0) is 4.74 Å². The van der Waals surface area contributed by atoms with Gasteiger partial charge in [-0.1, -0.05) is 103 Å². The second kappa shape index (κ2) is 19.0. The summed E-state index contributed by atoms with van der Waals surface area (Å²) in [7, 11) is 0. The van der Waals surface area contributed by atoms with Gasteiger partial charge in [0.2, 0.25) is 0 Å². The SMILES string of the molecule is CCCCCCCCCCCCCCCCCCOc1ccc(C(=O)OCC)cc1N. The number of nitrogens with two attached hydrogens (primary N) is 1. The molecule has 4 nitrogen and oxygen atoms in total. The highest BCUT2D eigenvalue weighted by atomic mass is 16.5. The van der Waals surface area contributed by atoms with Crippen molar-refractivity contribution in [3.05, 3.63) is 23.8 Å². The highest BCUT2D eigenvalue weighted by molar-refractivity contribution is 5.91. The van der Waals surface area contributed by atoms with E-state index in [1.54, 1.807) is 25.1 Å². The molecule has 0 saturated carbocycles. The van der Waals surface area contributed by atoms with Gasteiger partial charge in [0, 0.05) is 0 Å². The predicted octanol–water partition coefficient (Wildman–Crippen LogP) is 8.09. The first-order chi connectivity index (χ1) is 15.2. The lowest BCUT2D eigenvalue weighted by Gasteiger charge is -2.10. The molecule has 0 saturated heterocycles. The van der Waals surface area contributed by atoms with Gasteiger partial charge in [0.1, 0.15) is 5.75 Å². The summed E-state index contributed by atoms with van der Waals surface area (Å²) in [5.74, 6) is 0.299. The zero-order chi connectivity index (χ0) is 22.6. The van der Waals surface area contributed by atoms with Crippen molar-refractivity contribution in [2.75, 3.05) is 18.9 Å². The average Bonchev–Trinajstić information content (AvgIpc) is 2.77. The van der Waals surface area contributed by atoms with Crippen molar-refractivity contribution >= 4 is 11.7 Å². The van der Waals surface area contributed by atoms with Crippen LogP contribution in [0.5, 0.6) is 5.75 Å². The van der Waals surface area contributed by atoms with E-state index in [4.69, 9.17) is 15.2 Å². The van der Waals surface area contributed by atoms with Gasteiger partial charge < -0.3 is 15.2 Å². The molecular weight excluding hydrogens is 386 g/mol. The van der Waals surface area contributed by atoms with E-state index >= 15 is 0 Å². The van der Waals surface area contributed by atoms with Crippen molar-refractivity contribution < 1.29 is 14.3 Å². The van der Waals surface area contributed by atoms with E-state index in [9.17, 15) is 4.79 Å². The smallest absolute Gasteiger partial charge is 0.338 e. The van der Waals surface area contributed by atoms with Gasteiger partial charge in [0.15, 0.2) is 0 Å². The zero-order valence-corrected chi connectivity index (χ0v) is 20.3. The second-order valence-corrected chi connectivity index (χ2v) is 8.62. The van der Waals surface area contributed by atoms with Crippen LogP contribution in [0, 0.1) is 0 Å². The third-order valence-corrected chi connectivity index (χ3v) is 5.78. The highest BCUT2D eigenvalue weighted by Gasteiger charge is 2.09. The fourth-order valence-corrected chi connectivity index (χ4v) is 3.85. The first kappa shape index (κ1) is 27.3. The molecule has 0 fully saturated rings. The molecule has 0 heterocycles. The number of carbonyl (C=O) groups excluding carboxylic acids is 1. The number of rotatable bonds is 20. The van der Waals surface area contributed by atoms with E-state index in [2.05, 4.69) is 6.92 Å². The molecular formula is C27H47NO3. The molecule has 4 heteroatoms. The average molecular weight is 434 g/mol. The molecule has 0 spiro atoms. The normalized spacial score (nSPS) is 10.9. The lowest BCUT2D eigenvalue weighted by atomic mass is 10.0. The third-order valence-electron chi connectivity index (χ3n) is 5.78. The molecule has 0 atom stereocenters. The molecule has 1 aromatic rings. The fourth-order valence-electron chi connectivity index (χ4n) is 3.85.